The van der Waals surface area contributed by atoms with E-state index in [0.29, 0.717) is 28.1 Å². The van der Waals surface area contributed by atoms with Gasteiger partial charge in [0.25, 0.3) is 0 Å². The smallest absolute Gasteiger partial charge is 0.352 e. The van der Waals surface area contributed by atoms with Gasteiger partial charge in [-0.25, -0.2) is 9.18 Å². The molecule has 5 aromatic rings. The summed E-state index contributed by atoms with van der Waals surface area (Å²) in [4.78, 5) is 22.0. The second kappa shape index (κ2) is 8.09. The predicted molar refractivity (Wildman–Crippen MR) is 132 cm³/mol. The van der Waals surface area contributed by atoms with Crippen LogP contribution in [0.5, 0.6) is 5.75 Å². The molecule has 174 valence electrons. The number of hydrogen-bond acceptors (Lipinski definition) is 2. The van der Waals surface area contributed by atoms with Gasteiger partial charge in [-0.1, -0.05) is 20.8 Å². The Morgan fingerprint density at radius 3 is 2.59 bits per heavy atom. The fourth-order valence-corrected chi connectivity index (χ4v) is 4.99. The van der Waals surface area contributed by atoms with E-state index in [4.69, 9.17) is 4.74 Å². The third-order valence-corrected chi connectivity index (χ3v) is 6.45. The Morgan fingerprint density at radius 2 is 1.91 bits per heavy atom. The summed E-state index contributed by atoms with van der Waals surface area (Å²) in [5, 5.41) is 12.0. The maximum atomic E-state index is 14.6. The van der Waals surface area contributed by atoms with Crippen LogP contribution in [0.2, 0.25) is 0 Å². The number of rotatable bonds is 6. The molecule has 0 radical (unpaired) electrons. The van der Waals surface area contributed by atoms with Gasteiger partial charge in [-0.15, -0.1) is 0 Å². The lowest BCUT2D eigenvalue weighted by Gasteiger charge is -2.15. The molecule has 0 spiro atoms. The van der Waals surface area contributed by atoms with Gasteiger partial charge >= 0.3 is 5.97 Å². The van der Waals surface area contributed by atoms with Crippen LogP contribution in [-0.2, 0) is 6.42 Å². The van der Waals surface area contributed by atoms with Crippen molar-refractivity contribution >= 4 is 27.8 Å². The summed E-state index contributed by atoms with van der Waals surface area (Å²) in [6.07, 6.45) is 4.49. The summed E-state index contributed by atoms with van der Waals surface area (Å²) in [7, 11) is 1.59. The molecule has 0 atom stereocenters. The zero-order valence-electron chi connectivity index (χ0n) is 19.5. The first kappa shape index (κ1) is 21.8. The van der Waals surface area contributed by atoms with Crippen molar-refractivity contribution in [3.63, 3.8) is 0 Å². The number of halogens is 1. The Labute approximate surface area is 195 Å². The van der Waals surface area contributed by atoms with Crippen LogP contribution in [-0.4, -0.2) is 33.1 Å². The standard InChI is InChI=1S/C27H26FN3O3/c1-5-14-12-30-21-11-16(34-4)10-19(23(14)21)24-22(13(2)3)25(31-26(24)27(32)33)18-8-15(28)9-20-17(18)6-7-29-20/h6-13,29-31H,5H2,1-4H3,(H,32,33). The number of H-pyrrole nitrogens is 3. The number of carboxylic acids is 1. The third kappa shape index (κ3) is 3.27. The summed E-state index contributed by atoms with van der Waals surface area (Å²) in [6, 6.07) is 8.57. The van der Waals surface area contributed by atoms with E-state index in [-0.39, 0.29) is 11.6 Å². The Bertz CT molecular complexity index is 1550. The molecule has 7 heteroatoms. The number of aromatic nitrogens is 3. The molecule has 6 nitrogen and oxygen atoms in total. The molecule has 0 amide bonds. The van der Waals surface area contributed by atoms with Crippen LogP contribution < -0.4 is 4.74 Å². The van der Waals surface area contributed by atoms with Crippen molar-refractivity contribution in [2.24, 2.45) is 0 Å². The van der Waals surface area contributed by atoms with Crippen LogP contribution in [0.1, 0.15) is 48.3 Å². The molecule has 3 aromatic heterocycles. The van der Waals surface area contributed by atoms with E-state index in [0.717, 1.165) is 39.4 Å². The number of benzene rings is 2. The van der Waals surface area contributed by atoms with E-state index in [1.165, 1.54) is 12.1 Å². The first-order valence-electron chi connectivity index (χ1n) is 11.3. The minimum atomic E-state index is -1.07. The second-order valence-corrected chi connectivity index (χ2v) is 8.78. The molecule has 0 unspecified atom stereocenters. The van der Waals surface area contributed by atoms with E-state index in [9.17, 15) is 14.3 Å². The minimum Gasteiger partial charge on any atom is -0.497 e. The molecular formula is C27H26FN3O3. The van der Waals surface area contributed by atoms with Gasteiger partial charge in [-0.2, -0.15) is 0 Å². The summed E-state index contributed by atoms with van der Waals surface area (Å²) >= 11 is 0. The number of carbonyl (C=O) groups is 1. The summed E-state index contributed by atoms with van der Waals surface area (Å²) in [5.41, 5.74) is 6.11. The summed E-state index contributed by atoms with van der Waals surface area (Å²) in [6.45, 7) is 6.10. The third-order valence-electron chi connectivity index (χ3n) is 6.45. The van der Waals surface area contributed by atoms with Crippen molar-refractivity contribution in [1.29, 1.82) is 0 Å². The van der Waals surface area contributed by atoms with Gasteiger partial charge in [0, 0.05) is 51.4 Å². The Kier molecular flexibility index (Phi) is 5.20. The van der Waals surface area contributed by atoms with Gasteiger partial charge in [0.15, 0.2) is 0 Å². The number of nitrogens with one attached hydrogen (secondary N) is 3. The molecule has 0 bridgehead atoms. The van der Waals surface area contributed by atoms with Gasteiger partial charge in [0.1, 0.15) is 17.3 Å². The van der Waals surface area contributed by atoms with Gasteiger partial charge < -0.3 is 24.8 Å². The first-order valence-corrected chi connectivity index (χ1v) is 11.3. The fourth-order valence-electron chi connectivity index (χ4n) is 4.99. The molecule has 0 aliphatic carbocycles. The highest BCUT2D eigenvalue weighted by atomic mass is 19.1. The Hall–Kier alpha value is -4.00. The Balaban J connectivity index is 1.94. The van der Waals surface area contributed by atoms with Crippen molar-refractivity contribution in [1.82, 2.24) is 15.0 Å². The lowest BCUT2D eigenvalue weighted by atomic mass is 9.88. The highest BCUT2D eigenvalue weighted by Crippen LogP contribution is 2.45. The van der Waals surface area contributed by atoms with Gasteiger partial charge in [-0.05, 0) is 53.3 Å². The molecule has 4 N–H and O–H groups in total. The molecular weight excluding hydrogens is 433 g/mol. The number of carboxylic acid groups (broad SMARTS) is 1. The molecule has 2 aromatic carbocycles. The van der Waals surface area contributed by atoms with Gasteiger partial charge in [0.2, 0.25) is 0 Å². The van der Waals surface area contributed by atoms with Gasteiger partial charge in [0.05, 0.1) is 12.8 Å². The normalized spacial score (nSPS) is 11.7. The van der Waals surface area contributed by atoms with Crippen molar-refractivity contribution in [3.8, 4) is 28.1 Å². The Morgan fingerprint density at radius 1 is 1.12 bits per heavy atom. The van der Waals surface area contributed by atoms with E-state index in [1.807, 2.05) is 38.2 Å². The number of aromatic carboxylic acids is 1. The molecule has 34 heavy (non-hydrogen) atoms. The number of aromatic amines is 3. The van der Waals surface area contributed by atoms with Crippen molar-refractivity contribution in [2.75, 3.05) is 7.11 Å². The molecule has 0 saturated heterocycles. The monoisotopic (exact) mass is 459 g/mol. The van der Waals surface area contributed by atoms with Crippen LogP contribution in [0.25, 0.3) is 44.2 Å². The topological polar surface area (TPSA) is 93.9 Å². The number of hydrogen-bond donors (Lipinski definition) is 4. The highest BCUT2D eigenvalue weighted by molar-refractivity contribution is 6.08. The maximum absolute atomic E-state index is 14.6. The highest BCUT2D eigenvalue weighted by Gasteiger charge is 2.29. The van der Waals surface area contributed by atoms with E-state index in [1.54, 1.807) is 13.3 Å². The van der Waals surface area contributed by atoms with Crippen LogP contribution in [0.3, 0.4) is 0 Å². The van der Waals surface area contributed by atoms with Crippen molar-refractivity contribution in [3.05, 3.63) is 65.4 Å². The van der Waals surface area contributed by atoms with Crippen LogP contribution in [0.15, 0.2) is 42.7 Å². The second-order valence-electron chi connectivity index (χ2n) is 8.78. The lowest BCUT2D eigenvalue weighted by molar-refractivity contribution is 0.0692. The van der Waals surface area contributed by atoms with E-state index in [2.05, 4.69) is 21.9 Å². The molecule has 0 fully saturated rings. The van der Waals surface area contributed by atoms with Crippen LogP contribution in [0.4, 0.5) is 4.39 Å². The molecule has 0 aliphatic rings. The van der Waals surface area contributed by atoms with Crippen LogP contribution in [0, 0.1) is 5.82 Å². The molecule has 3 heterocycles. The zero-order valence-corrected chi connectivity index (χ0v) is 19.5. The van der Waals surface area contributed by atoms with Crippen molar-refractivity contribution < 1.29 is 19.0 Å². The number of methoxy groups -OCH3 is 1. The zero-order chi connectivity index (χ0) is 24.1. The number of ether oxygens (including phenoxy) is 1. The summed E-state index contributed by atoms with van der Waals surface area (Å²) in [5.74, 6) is -0.888. The molecule has 0 aliphatic heterocycles. The average molecular weight is 460 g/mol. The predicted octanol–water partition coefficient (Wildman–Crippen LogP) is 6.84. The van der Waals surface area contributed by atoms with E-state index >= 15 is 0 Å². The largest absolute Gasteiger partial charge is 0.497 e. The minimum absolute atomic E-state index is 0.0446. The SMILES string of the molecule is CCc1c[nH]c2cc(OC)cc(-c3c(C(=O)O)[nH]c(-c4cc(F)cc5[nH]ccc45)c3C(C)C)c12. The average Bonchev–Trinajstić information content (AvgIpc) is 3.53. The lowest BCUT2D eigenvalue weighted by Crippen LogP contribution is -2.01. The van der Waals surface area contributed by atoms with Gasteiger partial charge in [-0.3, -0.25) is 0 Å². The molecule has 0 saturated carbocycles. The number of aryl methyl sites for hydroxylation is 1. The molecule has 5 rings (SSSR count). The van der Waals surface area contributed by atoms with Crippen LogP contribution >= 0.6 is 0 Å². The number of fused-ring (bicyclic) bond motifs is 2. The van der Waals surface area contributed by atoms with E-state index < -0.39 is 11.8 Å². The van der Waals surface area contributed by atoms with Crippen molar-refractivity contribution in [2.45, 2.75) is 33.1 Å². The quantitative estimate of drug-likeness (QED) is 0.224. The first-order chi connectivity index (χ1) is 16.3. The fraction of sp³-hybridized carbons (Fsp3) is 0.222. The maximum Gasteiger partial charge on any atom is 0.352 e. The summed E-state index contributed by atoms with van der Waals surface area (Å²) < 4.78 is 20.1.